The fourth-order valence-corrected chi connectivity index (χ4v) is 3.29. The van der Waals surface area contributed by atoms with E-state index in [0.29, 0.717) is 25.8 Å². The van der Waals surface area contributed by atoms with Crippen molar-refractivity contribution in [2.45, 2.75) is 77.0 Å². The van der Waals surface area contributed by atoms with Crippen LogP contribution in [-0.4, -0.2) is 70.3 Å². The molecule has 1 rings (SSSR count). The summed E-state index contributed by atoms with van der Waals surface area (Å²) in [6.07, 6.45) is 1.28. The highest BCUT2D eigenvalue weighted by molar-refractivity contribution is 5.94. The van der Waals surface area contributed by atoms with Gasteiger partial charge in [-0.05, 0) is 38.5 Å². The topological polar surface area (TPSA) is 185 Å². The third-order valence-corrected chi connectivity index (χ3v) is 4.93. The van der Waals surface area contributed by atoms with Gasteiger partial charge in [0.25, 0.3) is 0 Å². The molecule has 11 nitrogen and oxygen atoms in total. The zero-order valence-corrected chi connectivity index (χ0v) is 17.7. The second kappa shape index (κ2) is 11.5. The molecule has 0 saturated carbocycles. The summed E-state index contributed by atoms with van der Waals surface area (Å²) in [5, 5.41) is 14.4. The minimum absolute atomic E-state index is 0.0511. The average molecular weight is 428 g/mol. The monoisotopic (exact) mass is 427 g/mol. The van der Waals surface area contributed by atoms with Gasteiger partial charge < -0.3 is 32.1 Å². The minimum atomic E-state index is -1.07. The van der Waals surface area contributed by atoms with Crippen LogP contribution in [0.1, 0.15) is 52.9 Å². The maximum Gasteiger partial charge on any atom is 0.326 e. The lowest BCUT2D eigenvalue weighted by atomic mass is 10.0. The summed E-state index contributed by atoms with van der Waals surface area (Å²) >= 11 is 0. The van der Waals surface area contributed by atoms with E-state index in [9.17, 15) is 29.1 Å². The van der Waals surface area contributed by atoms with Crippen molar-refractivity contribution in [1.29, 1.82) is 0 Å². The van der Waals surface area contributed by atoms with Crippen LogP contribution >= 0.6 is 0 Å². The van der Waals surface area contributed by atoms with E-state index in [1.54, 1.807) is 0 Å². The van der Waals surface area contributed by atoms with Crippen LogP contribution in [0.4, 0.5) is 0 Å². The zero-order chi connectivity index (χ0) is 23.0. The lowest BCUT2D eigenvalue weighted by Gasteiger charge is -2.29. The highest BCUT2D eigenvalue weighted by atomic mass is 16.4. The Labute approximate surface area is 175 Å². The number of rotatable bonds is 11. The number of carbonyl (C=O) groups excluding carboxylic acids is 4. The summed E-state index contributed by atoms with van der Waals surface area (Å²) in [5.41, 5.74) is 10.7. The zero-order valence-electron chi connectivity index (χ0n) is 17.7. The van der Waals surface area contributed by atoms with Crippen molar-refractivity contribution < 1.29 is 29.1 Å². The van der Waals surface area contributed by atoms with Gasteiger partial charge in [-0.3, -0.25) is 19.2 Å². The summed E-state index contributed by atoms with van der Waals surface area (Å²) in [5.74, 6) is -3.23. The van der Waals surface area contributed by atoms with Crippen molar-refractivity contribution in [2.24, 2.45) is 17.4 Å². The van der Waals surface area contributed by atoms with Crippen molar-refractivity contribution in [3.05, 3.63) is 0 Å². The Kier molecular flexibility index (Phi) is 9.70. The minimum Gasteiger partial charge on any atom is -0.480 e. The van der Waals surface area contributed by atoms with E-state index < -0.39 is 53.8 Å². The van der Waals surface area contributed by atoms with Gasteiger partial charge >= 0.3 is 5.97 Å². The molecule has 1 aliphatic rings. The molecule has 1 heterocycles. The van der Waals surface area contributed by atoms with Crippen LogP contribution in [-0.2, 0) is 24.0 Å². The first-order valence-electron chi connectivity index (χ1n) is 10.1. The molecule has 1 saturated heterocycles. The van der Waals surface area contributed by atoms with Crippen LogP contribution in [0.25, 0.3) is 0 Å². The Morgan fingerprint density at radius 2 is 1.73 bits per heavy atom. The molecule has 0 aliphatic carbocycles. The molecule has 170 valence electrons. The van der Waals surface area contributed by atoms with E-state index >= 15 is 0 Å². The molecule has 4 atom stereocenters. The first-order chi connectivity index (χ1) is 13.9. The second-order valence-corrected chi connectivity index (χ2v) is 8.06. The fourth-order valence-electron chi connectivity index (χ4n) is 3.29. The molecule has 0 aromatic heterocycles. The van der Waals surface area contributed by atoms with Crippen molar-refractivity contribution in [3.8, 4) is 0 Å². The molecular weight excluding hydrogens is 394 g/mol. The van der Waals surface area contributed by atoms with Gasteiger partial charge in [0.1, 0.15) is 18.1 Å². The molecule has 7 N–H and O–H groups in total. The smallest absolute Gasteiger partial charge is 0.326 e. The van der Waals surface area contributed by atoms with Gasteiger partial charge in [0.15, 0.2) is 0 Å². The van der Waals surface area contributed by atoms with E-state index in [0.717, 1.165) is 0 Å². The van der Waals surface area contributed by atoms with Crippen LogP contribution in [0.15, 0.2) is 0 Å². The van der Waals surface area contributed by atoms with Crippen LogP contribution in [0, 0.1) is 5.92 Å². The van der Waals surface area contributed by atoms with Gasteiger partial charge in [-0.1, -0.05) is 13.8 Å². The number of aliphatic carboxylic acids is 1. The number of primary amides is 1. The van der Waals surface area contributed by atoms with Gasteiger partial charge in [-0.15, -0.1) is 0 Å². The van der Waals surface area contributed by atoms with Crippen molar-refractivity contribution in [1.82, 2.24) is 15.5 Å². The van der Waals surface area contributed by atoms with Crippen LogP contribution in [0.3, 0.4) is 0 Å². The predicted octanol–water partition coefficient (Wildman–Crippen LogP) is -1.31. The summed E-state index contributed by atoms with van der Waals surface area (Å²) < 4.78 is 0. The first kappa shape index (κ1) is 25.3. The fraction of sp³-hybridized carbons (Fsp3) is 0.737. The Bertz CT molecular complexity index is 668. The molecule has 11 heteroatoms. The Hall–Kier alpha value is -2.69. The number of nitrogens with one attached hydrogen (secondary N) is 2. The summed E-state index contributed by atoms with van der Waals surface area (Å²) in [6, 6.07) is -3.78. The molecule has 0 aromatic rings. The number of nitrogens with two attached hydrogens (primary N) is 2. The molecule has 1 fully saturated rings. The van der Waals surface area contributed by atoms with Gasteiger partial charge in [0.05, 0.1) is 6.04 Å². The number of hydrogen-bond acceptors (Lipinski definition) is 6. The summed E-state index contributed by atoms with van der Waals surface area (Å²) in [4.78, 5) is 61.1. The largest absolute Gasteiger partial charge is 0.480 e. The van der Waals surface area contributed by atoms with E-state index in [4.69, 9.17) is 11.5 Å². The first-order valence-corrected chi connectivity index (χ1v) is 10.1. The Balaban J connectivity index is 2.76. The van der Waals surface area contributed by atoms with E-state index in [1.807, 2.05) is 13.8 Å². The number of carboxylic acid groups (broad SMARTS) is 1. The summed E-state index contributed by atoms with van der Waals surface area (Å²) in [6.45, 7) is 5.53. The van der Waals surface area contributed by atoms with E-state index in [-0.39, 0.29) is 18.8 Å². The van der Waals surface area contributed by atoms with E-state index in [1.165, 1.54) is 11.8 Å². The number of carbonyl (C=O) groups is 5. The molecule has 0 radical (unpaired) electrons. The molecule has 0 aromatic carbocycles. The molecular formula is C19H33N5O6. The van der Waals surface area contributed by atoms with Crippen LogP contribution in [0.5, 0.6) is 0 Å². The van der Waals surface area contributed by atoms with Gasteiger partial charge in [0, 0.05) is 13.0 Å². The normalized spacial score (nSPS) is 19.1. The van der Waals surface area contributed by atoms with Crippen molar-refractivity contribution >= 4 is 29.6 Å². The third kappa shape index (κ3) is 7.62. The number of nitrogens with zero attached hydrogens (tertiary/aromatic N) is 1. The highest BCUT2D eigenvalue weighted by Gasteiger charge is 2.38. The maximum atomic E-state index is 12.9. The van der Waals surface area contributed by atoms with Gasteiger partial charge in [0.2, 0.25) is 23.6 Å². The van der Waals surface area contributed by atoms with Crippen molar-refractivity contribution in [3.63, 3.8) is 0 Å². The lowest BCUT2D eigenvalue weighted by molar-refractivity contribution is -0.149. The Morgan fingerprint density at radius 1 is 1.10 bits per heavy atom. The van der Waals surface area contributed by atoms with Gasteiger partial charge in [-0.2, -0.15) is 0 Å². The summed E-state index contributed by atoms with van der Waals surface area (Å²) in [7, 11) is 0. The average Bonchev–Trinajstić information content (AvgIpc) is 3.14. The molecule has 4 amide bonds. The van der Waals surface area contributed by atoms with Gasteiger partial charge in [-0.25, -0.2) is 4.79 Å². The standard InChI is InChI=1S/C19H33N5O6/c1-10(2)9-13(18(28)24-8-4-5-14(24)19(29)30)23-16(26)11(3)22-17(27)12(20)6-7-15(21)25/h10-14H,4-9,20H2,1-3H3,(H2,21,25)(H,22,27)(H,23,26)(H,29,30). The number of amides is 4. The third-order valence-electron chi connectivity index (χ3n) is 4.93. The van der Waals surface area contributed by atoms with Crippen LogP contribution < -0.4 is 22.1 Å². The number of carboxylic acids is 1. The van der Waals surface area contributed by atoms with E-state index in [2.05, 4.69) is 10.6 Å². The molecule has 30 heavy (non-hydrogen) atoms. The number of likely N-dealkylation sites (tertiary alicyclic amines) is 1. The Morgan fingerprint density at radius 3 is 2.27 bits per heavy atom. The molecule has 1 aliphatic heterocycles. The molecule has 0 spiro atoms. The lowest BCUT2D eigenvalue weighted by Crippen LogP contribution is -2.56. The maximum absolute atomic E-state index is 12.9. The molecule has 0 bridgehead atoms. The highest BCUT2D eigenvalue weighted by Crippen LogP contribution is 2.20. The van der Waals surface area contributed by atoms with Crippen molar-refractivity contribution in [2.75, 3.05) is 6.54 Å². The molecule has 4 unspecified atom stereocenters. The predicted molar refractivity (Wildman–Crippen MR) is 108 cm³/mol. The second-order valence-electron chi connectivity index (χ2n) is 8.06. The van der Waals surface area contributed by atoms with Crippen LogP contribution in [0.2, 0.25) is 0 Å². The quantitative estimate of drug-likeness (QED) is 0.271. The number of hydrogen-bond donors (Lipinski definition) is 5. The SMILES string of the molecule is CC(C)CC(NC(=O)C(C)NC(=O)C(N)CCC(N)=O)C(=O)N1CCCC1C(=O)O.